The lowest BCUT2D eigenvalue weighted by Gasteiger charge is -2.25. The zero-order valence-corrected chi connectivity index (χ0v) is 12.6. The Bertz CT molecular complexity index is 161. The van der Waals surface area contributed by atoms with Crippen LogP contribution < -0.4 is 0 Å². The minimum atomic E-state index is -0.434. The zero-order valence-electron chi connectivity index (χ0n) is 12.6. The van der Waals surface area contributed by atoms with Gasteiger partial charge in [0.05, 0.1) is 5.60 Å². The van der Waals surface area contributed by atoms with E-state index in [0.717, 1.165) is 12.8 Å². The zero-order chi connectivity index (χ0) is 13.1. The van der Waals surface area contributed by atoms with Gasteiger partial charge in [-0.15, -0.1) is 0 Å². The van der Waals surface area contributed by atoms with Crippen molar-refractivity contribution in [2.45, 2.75) is 97.5 Å². The molecule has 0 bridgehead atoms. The van der Waals surface area contributed by atoms with Gasteiger partial charge in [0.2, 0.25) is 0 Å². The lowest BCUT2D eigenvalue weighted by Crippen LogP contribution is -2.25. The summed E-state index contributed by atoms with van der Waals surface area (Å²) in [7, 11) is 0. The van der Waals surface area contributed by atoms with E-state index >= 15 is 0 Å². The smallest absolute Gasteiger partial charge is 0.0622 e. The number of hydrogen-bond donors (Lipinski definition) is 1. The van der Waals surface area contributed by atoms with Crippen molar-refractivity contribution in [3.05, 3.63) is 0 Å². The van der Waals surface area contributed by atoms with Crippen molar-refractivity contribution in [2.75, 3.05) is 0 Å². The van der Waals surface area contributed by atoms with E-state index in [2.05, 4.69) is 20.8 Å². The molecule has 0 aliphatic carbocycles. The summed E-state index contributed by atoms with van der Waals surface area (Å²) in [6, 6.07) is 0. The molecule has 1 atom stereocenters. The summed E-state index contributed by atoms with van der Waals surface area (Å²) < 4.78 is 0. The average molecular weight is 242 g/mol. The lowest BCUT2D eigenvalue weighted by atomic mass is 9.89. The number of rotatable bonds is 11. The Morgan fingerprint density at radius 1 is 0.882 bits per heavy atom. The maximum absolute atomic E-state index is 10.2. The van der Waals surface area contributed by atoms with Gasteiger partial charge in [-0.05, 0) is 25.7 Å². The highest BCUT2D eigenvalue weighted by Gasteiger charge is 2.20. The van der Waals surface area contributed by atoms with Crippen molar-refractivity contribution in [3.8, 4) is 0 Å². The van der Waals surface area contributed by atoms with Crippen LogP contribution in [0.2, 0.25) is 0 Å². The molecule has 1 unspecified atom stereocenters. The van der Waals surface area contributed by atoms with Crippen molar-refractivity contribution in [3.63, 3.8) is 0 Å². The van der Waals surface area contributed by atoms with Crippen molar-refractivity contribution < 1.29 is 5.11 Å². The molecule has 17 heavy (non-hydrogen) atoms. The molecule has 0 aromatic heterocycles. The van der Waals surface area contributed by atoms with Crippen LogP contribution in [0.5, 0.6) is 0 Å². The molecule has 1 heteroatoms. The van der Waals surface area contributed by atoms with Gasteiger partial charge in [0.1, 0.15) is 0 Å². The van der Waals surface area contributed by atoms with Crippen LogP contribution in [0, 0.1) is 5.92 Å². The molecule has 0 saturated carbocycles. The van der Waals surface area contributed by atoms with E-state index in [-0.39, 0.29) is 0 Å². The van der Waals surface area contributed by atoms with Crippen LogP contribution >= 0.6 is 0 Å². The van der Waals surface area contributed by atoms with Crippen LogP contribution in [-0.2, 0) is 0 Å². The molecule has 0 aliphatic rings. The molecule has 0 heterocycles. The summed E-state index contributed by atoms with van der Waals surface area (Å²) >= 11 is 0. The molecule has 0 amide bonds. The maximum atomic E-state index is 10.2. The highest BCUT2D eigenvalue weighted by molar-refractivity contribution is 4.73. The number of aliphatic hydroxyl groups is 1. The van der Waals surface area contributed by atoms with Gasteiger partial charge in [-0.25, -0.2) is 0 Å². The summed E-state index contributed by atoms with van der Waals surface area (Å²) in [5.74, 6) is 0.596. The van der Waals surface area contributed by atoms with Gasteiger partial charge in [0.25, 0.3) is 0 Å². The third-order valence-electron chi connectivity index (χ3n) is 3.42. The van der Waals surface area contributed by atoms with Gasteiger partial charge in [-0.1, -0.05) is 72.1 Å². The third kappa shape index (κ3) is 12.2. The molecular formula is C16H34O. The molecule has 0 aliphatic heterocycles. The van der Waals surface area contributed by atoms with Crippen LogP contribution in [0.3, 0.4) is 0 Å². The van der Waals surface area contributed by atoms with Crippen LogP contribution in [-0.4, -0.2) is 10.7 Å². The first-order valence-electron chi connectivity index (χ1n) is 7.70. The Morgan fingerprint density at radius 2 is 1.35 bits per heavy atom. The van der Waals surface area contributed by atoms with E-state index in [1.54, 1.807) is 0 Å². The Kier molecular flexibility index (Phi) is 9.91. The molecule has 0 radical (unpaired) electrons. The molecule has 0 aromatic rings. The summed E-state index contributed by atoms with van der Waals surface area (Å²) in [5, 5.41) is 10.2. The number of hydrogen-bond acceptors (Lipinski definition) is 1. The fourth-order valence-corrected chi connectivity index (χ4v) is 2.62. The SMILES string of the molecule is CCCCCCCCCCC(C)(O)CC(C)C. The fourth-order valence-electron chi connectivity index (χ4n) is 2.62. The van der Waals surface area contributed by atoms with Crippen LogP contribution in [0.15, 0.2) is 0 Å². The van der Waals surface area contributed by atoms with Gasteiger partial charge in [0, 0.05) is 0 Å². The Balaban J connectivity index is 3.32. The predicted octanol–water partition coefficient (Wildman–Crippen LogP) is 5.31. The molecule has 0 rings (SSSR count). The van der Waals surface area contributed by atoms with E-state index in [0.29, 0.717) is 5.92 Å². The van der Waals surface area contributed by atoms with E-state index in [1.165, 1.54) is 51.4 Å². The standard InChI is InChI=1S/C16H34O/c1-5-6-7-8-9-10-11-12-13-16(4,17)14-15(2)3/h15,17H,5-14H2,1-4H3. The molecule has 104 valence electrons. The second-order valence-corrected chi connectivity index (χ2v) is 6.32. The quantitative estimate of drug-likeness (QED) is 0.486. The maximum Gasteiger partial charge on any atom is 0.0622 e. The Hall–Kier alpha value is -0.0400. The van der Waals surface area contributed by atoms with E-state index in [1.807, 2.05) is 6.92 Å². The topological polar surface area (TPSA) is 20.2 Å². The summed E-state index contributed by atoms with van der Waals surface area (Å²) in [6.45, 7) is 8.62. The average Bonchev–Trinajstić information content (AvgIpc) is 2.20. The van der Waals surface area contributed by atoms with Crippen molar-refractivity contribution in [2.24, 2.45) is 5.92 Å². The minimum Gasteiger partial charge on any atom is -0.390 e. The second-order valence-electron chi connectivity index (χ2n) is 6.32. The van der Waals surface area contributed by atoms with Crippen molar-refractivity contribution in [1.82, 2.24) is 0 Å². The van der Waals surface area contributed by atoms with Crippen LogP contribution in [0.25, 0.3) is 0 Å². The van der Waals surface area contributed by atoms with Crippen molar-refractivity contribution >= 4 is 0 Å². The normalized spacial score (nSPS) is 15.2. The largest absolute Gasteiger partial charge is 0.390 e. The molecule has 0 fully saturated rings. The van der Waals surface area contributed by atoms with E-state index < -0.39 is 5.60 Å². The third-order valence-corrected chi connectivity index (χ3v) is 3.42. The molecule has 0 spiro atoms. The first kappa shape index (κ1) is 17.0. The van der Waals surface area contributed by atoms with Gasteiger partial charge < -0.3 is 5.11 Å². The Morgan fingerprint density at radius 3 is 1.82 bits per heavy atom. The first-order chi connectivity index (χ1) is 7.98. The predicted molar refractivity (Wildman–Crippen MR) is 77.3 cm³/mol. The van der Waals surface area contributed by atoms with E-state index in [9.17, 15) is 5.11 Å². The fraction of sp³-hybridized carbons (Fsp3) is 1.00. The summed E-state index contributed by atoms with van der Waals surface area (Å²) in [4.78, 5) is 0. The van der Waals surface area contributed by atoms with Gasteiger partial charge in [-0.2, -0.15) is 0 Å². The highest BCUT2D eigenvalue weighted by atomic mass is 16.3. The van der Waals surface area contributed by atoms with Crippen LogP contribution in [0.1, 0.15) is 91.9 Å². The lowest BCUT2D eigenvalue weighted by molar-refractivity contribution is 0.0274. The first-order valence-corrected chi connectivity index (χ1v) is 7.70. The van der Waals surface area contributed by atoms with Gasteiger partial charge >= 0.3 is 0 Å². The van der Waals surface area contributed by atoms with Crippen LogP contribution in [0.4, 0.5) is 0 Å². The van der Waals surface area contributed by atoms with E-state index in [4.69, 9.17) is 0 Å². The molecule has 1 N–H and O–H groups in total. The number of unbranched alkanes of at least 4 members (excludes halogenated alkanes) is 7. The molecule has 0 saturated heterocycles. The molecular weight excluding hydrogens is 208 g/mol. The highest BCUT2D eigenvalue weighted by Crippen LogP contribution is 2.23. The van der Waals surface area contributed by atoms with Gasteiger partial charge in [-0.3, -0.25) is 0 Å². The van der Waals surface area contributed by atoms with Crippen molar-refractivity contribution in [1.29, 1.82) is 0 Å². The molecule has 0 aromatic carbocycles. The summed E-state index contributed by atoms with van der Waals surface area (Å²) in [5.41, 5.74) is -0.434. The Labute approximate surface area is 109 Å². The molecule has 1 nitrogen and oxygen atoms in total. The summed E-state index contributed by atoms with van der Waals surface area (Å²) in [6.07, 6.45) is 12.6. The monoisotopic (exact) mass is 242 g/mol. The minimum absolute atomic E-state index is 0.434. The second kappa shape index (κ2) is 9.94. The van der Waals surface area contributed by atoms with Gasteiger partial charge in [0.15, 0.2) is 0 Å².